The molecule has 0 atom stereocenters. The Hall–Kier alpha value is -2.10. The Bertz CT molecular complexity index is 863. The summed E-state index contributed by atoms with van der Waals surface area (Å²) < 4.78 is 24.4. The van der Waals surface area contributed by atoms with E-state index in [2.05, 4.69) is 20.2 Å². The number of amides is 1. The molecule has 9 heteroatoms. The molecule has 0 unspecified atom stereocenters. The van der Waals surface area contributed by atoms with Crippen molar-refractivity contribution in [1.82, 2.24) is 24.5 Å². The maximum atomic E-state index is 12.2. The zero-order valence-corrected chi connectivity index (χ0v) is 14.9. The molecule has 8 nitrogen and oxygen atoms in total. The Morgan fingerprint density at radius 1 is 1.16 bits per heavy atom. The summed E-state index contributed by atoms with van der Waals surface area (Å²) in [6.45, 7) is 3.46. The Kier molecular flexibility index (Phi) is 5.26. The van der Waals surface area contributed by atoms with Gasteiger partial charge in [-0.05, 0) is 12.1 Å². The van der Waals surface area contributed by atoms with Crippen molar-refractivity contribution in [1.29, 1.82) is 0 Å². The summed E-state index contributed by atoms with van der Waals surface area (Å²) in [4.78, 5) is 22.9. The van der Waals surface area contributed by atoms with E-state index >= 15 is 0 Å². The molecule has 3 rings (SSSR count). The molecule has 0 saturated carbocycles. The molecule has 2 heterocycles. The van der Waals surface area contributed by atoms with Gasteiger partial charge in [-0.3, -0.25) is 14.7 Å². The summed E-state index contributed by atoms with van der Waals surface area (Å²) in [7, 11) is -3.12. The lowest BCUT2D eigenvalue weighted by Crippen LogP contribution is -2.49. The van der Waals surface area contributed by atoms with Crippen LogP contribution in [0.15, 0.2) is 30.5 Å². The zero-order valence-electron chi connectivity index (χ0n) is 14.1. The number of nitrogens with one attached hydrogen (secondary N) is 1. The molecule has 134 valence electrons. The molecule has 0 spiro atoms. The number of rotatable bonds is 5. The van der Waals surface area contributed by atoms with Crippen LogP contribution in [0, 0.1) is 0 Å². The van der Waals surface area contributed by atoms with Gasteiger partial charge in [0.15, 0.2) is 0 Å². The third-order valence-electron chi connectivity index (χ3n) is 4.20. The number of para-hydroxylation sites is 2. The van der Waals surface area contributed by atoms with Crippen LogP contribution in [0.4, 0.5) is 0 Å². The fourth-order valence-corrected chi connectivity index (χ4v) is 3.60. The van der Waals surface area contributed by atoms with Crippen LogP contribution in [0.3, 0.4) is 0 Å². The maximum absolute atomic E-state index is 12.2. The van der Waals surface area contributed by atoms with Crippen molar-refractivity contribution in [2.75, 3.05) is 45.5 Å². The van der Waals surface area contributed by atoms with Crippen LogP contribution in [0.1, 0.15) is 10.5 Å². The Morgan fingerprint density at radius 3 is 2.52 bits per heavy atom. The third-order valence-corrected chi connectivity index (χ3v) is 5.50. The van der Waals surface area contributed by atoms with Gasteiger partial charge in [0.2, 0.25) is 10.0 Å². The van der Waals surface area contributed by atoms with E-state index in [9.17, 15) is 13.2 Å². The topological polar surface area (TPSA) is 95.5 Å². The van der Waals surface area contributed by atoms with Crippen molar-refractivity contribution in [2.45, 2.75) is 0 Å². The van der Waals surface area contributed by atoms with Gasteiger partial charge >= 0.3 is 0 Å². The number of benzene rings is 1. The molecule has 1 aliphatic heterocycles. The van der Waals surface area contributed by atoms with Crippen molar-refractivity contribution in [3.63, 3.8) is 0 Å². The first-order valence-corrected chi connectivity index (χ1v) is 9.96. The minimum Gasteiger partial charge on any atom is -0.349 e. The second kappa shape index (κ2) is 7.42. The minimum absolute atomic E-state index is 0.256. The molecule has 2 aromatic rings. The number of fused-ring (bicyclic) bond motifs is 1. The first-order chi connectivity index (χ1) is 11.9. The highest BCUT2D eigenvalue weighted by Crippen LogP contribution is 2.08. The fourth-order valence-electron chi connectivity index (χ4n) is 2.77. The Labute approximate surface area is 146 Å². The van der Waals surface area contributed by atoms with Crippen LogP contribution in [0.25, 0.3) is 11.0 Å². The Balaban J connectivity index is 1.48. The van der Waals surface area contributed by atoms with Crippen LogP contribution >= 0.6 is 0 Å². The van der Waals surface area contributed by atoms with Gasteiger partial charge in [0.05, 0.1) is 23.5 Å². The van der Waals surface area contributed by atoms with Crippen molar-refractivity contribution < 1.29 is 13.2 Å². The summed E-state index contributed by atoms with van der Waals surface area (Å²) in [5.74, 6) is -0.256. The van der Waals surface area contributed by atoms with E-state index in [0.29, 0.717) is 50.5 Å². The highest BCUT2D eigenvalue weighted by atomic mass is 32.2. The van der Waals surface area contributed by atoms with E-state index < -0.39 is 10.0 Å². The number of carbonyl (C=O) groups is 1. The van der Waals surface area contributed by atoms with Crippen LogP contribution < -0.4 is 5.32 Å². The largest absolute Gasteiger partial charge is 0.349 e. The molecule has 1 N–H and O–H groups in total. The smallest absolute Gasteiger partial charge is 0.271 e. The van der Waals surface area contributed by atoms with Gasteiger partial charge in [-0.25, -0.2) is 13.4 Å². The summed E-state index contributed by atoms with van der Waals surface area (Å²) in [6.07, 6.45) is 2.70. The maximum Gasteiger partial charge on any atom is 0.271 e. The lowest BCUT2D eigenvalue weighted by Gasteiger charge is -2.33. The molecule has 1 fully saturated rings. The van der Waals surface area contributed by atoms with Gasteiger partial charge in [0, 0.05) is 39.3 Å². The molecule has 1 aromatic heterocycles. The molecule has 1 amide bonds. The van der Waals surface area contributed by atoms with Crippen molar-refractivity contribution in [3.05, 3.63) is 36.2 Å². The Morgan fingerprint density at radius 2 is 1.84 bits per heavy atom. The van der Waals surface area contributed by atoms with Crippen molar-refractivity contribution in [2.24, 2.45) is 0 Å². The average Bonchev–Trinajstić information content (AvgIpc) is 2.61. The number of carbonyl (C=O) groups excluding carboxylic acids is 1. The van der Waals surface area contributed by atoms with Gasteiger partial charge in [-0.1, -0.05) is 12.1 Å². The summed E-state index contributed by atoms with van der Waals surface area (Å²) in [5.41, 5.74) is 1.73. The average molecular weight is 363 g/mol. The second-order valence-electron chi connectivity index (χ2n) is 6.00. The normalized spacial score (nSPS) is 16.8. The molecule has 1 aliphatic rings. The first kappa shape index (κ1) is 17.7. The number of sulfonamides is 1. The summed E-state index contributed by atoms with van der Waals surface area (Å²) in [5, 5.41) is 2.84. The quantitative estimate of drug-likeness (QED) is 0.799. The number of hydrogen-bond donors (Lipinski definition) is 1. The van der Waals surface area contributed by atoms with Gasteiger partial charge in [0.1, 0.15) is 5.69 Å². The summed E-state index contributed by atoms with van der Waals surface area (Å²) in [6, 6.07) is 7.40. The lowest BCUT2D eigenvalue weighted by atomic mass is 10.3. The van der Waals surface area contributed by atoms with Crippen LogP contribution in [0.5, 0.6) is 0 Å². The third kappa shape index (κ3) is 4.50. The van der Waals surface area contributed by atoms with Crippen LogP contribution in [0.2, 0.25) is 0 Å². The standard InChI is InChI=1S/C16H21N5O3S/c1-25(23,24)21-10-8-20(9-11-21)7-6-17-16(22)15-12-18-13-4-2-3-5-14(13)19-15/h2-5,12H,6-11H2,1H3,(H,17,22). The monoisotopic (exact) mass is 363 g/mol. The number of piperazine rings is 1. The van der Waals surface area contributed by atoms with E-state index in [1.165, 1.54) is 16.8 Å². The number of nitrogens with zero attached hydrogens (tertiary/aromatic N) is 4. The van der Waals surface area contributed by atoms with Gasteiger partial charge < -0.3 is 5.32 Å². The predicted molar refractivity (Wildman–Crippen MR) is 94.7 cm³/mol. The minimum atomic E-state index is -3.12. The molecular weight excluding hydrogens is 342 g/mol. The molecule has 25 heavy (non-hydrogen) atoms. The second-order valence-corrected chi connectivity index (χ2v) is 7.99. The van der Waals surface area contributed by atoms with E-state index in [0.717, 1.165) is 5.52 Å². The molecule has 1 aromatic carbocycles. The number of hydrogen-bond acceptors (Lipinski definition) is 6. The number of aromatic nitrogens is 2. The van der Waals surface area contributed by atoms with Crippen LogP contribution in [-0.4, -0.2) is 79.0 Å². The van der Waals surface area contributed by atoms with E-state index in [1.54, 1.807) is 0 Å². The van der Waals surface area contributed by atoms with Crippen molar-refractivity contribution >= 4 is 27.0 Å². The highest BCUT2D eigenvalue weighted by molar-refractivity contribution is 7.88. The molecule has 0 bridgehead atoms. The van der Waals surface area contributed by atoms with E-state index in [-0.39, 0.29) is 5.91 Å². The van der Waals surface area contributed by atoms with Crippen LogP contribution in [-0.2, 0) is 10.0 Å². The molecular formula is C16H21N5O3S. The predicted octanol–water partition coefficient (Wildman–Crippen LogP) is -0.0632. The first-order valence-electron chi connectivity index (χ1n) is 8.11. The highest BCUT2D eigenvalue weighted by Gasteiger charge is 2.23. The molecule has 0 aliphatic carbocycles. The fraction of sp³-hybridized carbons (Fsp3) is 0.438. The van der Waals surface area contributed by atoms with Gasteiger partial charge in [-0.15, -0.1) is 0 Å². The van der Waals surface area contributed by atoms with Crippen molar-refractivity contribution in [3.8, 4) is 0 Å². The summed E-state index contributed by atoms with van der Waals surface area (Å²) >= 11 is 0. The van der Waals surface area contributed by atoms with E-state index in [1.807, 2.05) is 24.3 Å². The molecule has 1 saturated heterocycles. The van der Waals surface area contributed by atoms with E-state index in [4.69, 9.17) is 0 Å². The van der Waals surface area contributed by atoms with Gasteiger partial charge in [0.25, 0.3) is 5.91 Å². The lowest BCUT2D eigenvalue weighted by molar-refractivity contribution is 0.0940. The zero-order chi connectivity index (χ0) is 17.9. The molecule has 0 radical (unpaired) electrons. The van der Waals surface area contributed by atoms with Gasteiger partial charge in [-0.2, -0.15) is 4.31 Å². The SMILES string of the molecule is CS(=O)(=O)N1CCN(CCNC(=O)c2cnc3ccccc3n2)CC1.